The van der Waals surface area contributed by atoms with Crippen molar-refractivity contribution in [3.63, 3.8) is 0 Å². The van der Waals surface area contributed by atoms with Crippen LogP contribution in [0, 0.1) is 5.41 Å². The lowest BCUT2D eigenvalue weighted by atomic mass is 9.67. The van der Waals surface area contributed by atoms with Gasteiger partial charge in [0.15, 0.2) is 0 Å². The van der Waals surface area contributed by atoms with Gasteiger partial charge < -0.3 is 5.11 Å². The Morgan fingerprint density at radius 2 is 1.63 bits per heavy atom. The molecule has 0 aromatic heterocycles. The van der Waals surface area contributed by atoms with E-state index in [9.17, 15) is 14.7 Å². The van der Waals surface area contributed by atoms with Crippen LogP contribution in [0.5, 0.6) is 0 Å². The van der Waals surface area contributed by atoms with E-state index in [4.69, 9.17) is 0 Å². The van der Waals surface area contributed by atoms with E-state index in [-0.39, 0.29) is 29.4 Å². The van der Waals surface area contributed by atoms with Crippen molar-refractivity contribution in [2.45, 2.75) is 76.4 Å². The summed E-state index contributed by atoms with van der Waals surface area (Å²) in [6.07, 6.45) is 8.34. The fourth-order valence-corrected chi connectivity index (χ4v) is 4.41. The molecule has 0 aromatic carbocycles. The van der Waals surface area contributed by atoms with Crippen LogP contribution in [0.3, 0.4) is 0 Å². The molecule has 1 spiro atoms. The van der Waals surface area contributed by atoms with Crippen LogP contribution >= 0.6 is 0 Å². The zero-order chi connectivity index (χ0) is 13.5. The number of rotatable bonds is 1. The van der Waals surface area contributed by atoms with Crippen LogP contribution in [0.15, 0.2) is 0 Å². The summed E-state index contributed by atoms with van der Waals surface area (Å²) in [5.74, 6) is -0.0248. The van der Waals surface area contributed by atoms with Crippen molar-refractivity contribution < 1.29 is 14.7 Å². The summed E-state index contributed by atoms with van der Waals surface area (Å²) in [6, 6.07) is -0.0425. The quantitative estimate of drug-likeness (QED) is 0.738. The molecule has 2 amide bonds. The van der Waals surface area contributed by atoms with Gasteiger partial charge in [0.1, 0.15) is 0 Å². The monoisotopic (exact) mass is 265 g/mol. The Bertz CT molecular complexity index is 371. The van der Waals surface area contributed by atoms with Gasteiger partial charge in [0.2, 0.25) is 11.8 Å². The Kier molecular flexibility index (Phi) is 3.37. The highest BCUT2D eigenvalue weighted by molar-refractivity contribution is 5.98. The molecule has 2 unspecified atom stereocenters. The highest BCUT2D eigenvalue weighted by Gasteiger charge is 2.50. The molecular formula is C15H23NO3. The van der Waals surface area contributed by atoms with Gasteiger partial charge >= 0.3 is 0 Å². The maximum atomic E-state index is 12.2. The molecule has 1 N–H and O–H groups in total. The molecule has 3 aliphatic rings. The number of hydrogen-bond donors (Lipinski definition) is 1. The molecule has 19 heavy (non-hydrogen) atoms. The molecule has 2 atom stereocenters. The van der Waals surface area contributed by atoms with E-state index in [1.807, 2.05) is 0 Å². The number of likely N-dealkylation sites (tertiary alicyclic amines) is 1. The molecule has 3 rings (SSSR count). The first-order chi connectivity index (χ1) is 9.12. The molecular weight excluding hydrogens is 242 g/mol. The average molecular weight is 265 g/mol. The summed E-state index contributed by atoms with van der Waals surface area (Å²) in [5.41, 5.74) is 0.113. The molecule has 2 aliphatic carbocycles. The Hall–Kier alpha value is -0.900. The van der Waals surface area contributed by atoms with Crippen molar-refractivity contribution in [2.24, 2.45) is 5.41 Å². The summed E-state index contributed by atoms with van der Waals surface area (Å²) in [5, 5.41) is 9.98. The number of amides is 2. The molecule has 3 fully saturated rings. The van der Waals surface area contributed by atoms with Crippen molar-refractivity contribution in [3.8, 4) is 0 Å². The maximum Gasteiger partial charge on any atom is 0.229 e. The van der Waals surface area contributed by atoms with Crippen LogP contribution in [0.25, 0.3) is 0 Å². The van der Waals surface area contributed by atoms with Gasteiger partial charge in [0, 0.05) is 18.9 Å². The second kappa shape index (κ2) is 4.89. The normalized spacial score (nSPS) is 35.1. The highest BCUT2D eigenvalue weighted by atomic mass is 16.3. The summed E-state index contributed by atoms with van der Waals surface area (Å²) < 4.78 is 0. The summed E-state index contributed by atoms with van der Waals surface area (Å²) >= 11 is 0. The SMILES string of the molecule is O=C1CCCC(=O)N1C1CC(O)CCC12CCCC2. The standard InChI is InChI=1S/C15H23NO3/c17-11-6-9-15(7-1-2-8-15)12(10-11)16-13(18)4-3-5-14(16)19/h11-12,17H,1-10H2. The van der Waals surface area contributed by atoms with Gasteiger partial charge in [0.05, 0.1) is 6.10 Å². The first-order valence-electron chi connectivity index (χ1n) is 7.65. The van der Waals surface area contributed by atoms with Crippen LogP contribution in [-0.2, 0) is 9.59 Å². The number of imide groups is 1. The Morgan fingerprint density at radius 3 is 2.26 bits per heavy atom. The molecule has 4 heteroatoms. The lowest BCUT2D eigenvalue weighted by Gasteiger charge is -2.48. The lowest BCUT2D eigenvalue weighted by Crippen LogP contribution is -2.57. The molecule has 1 heterocycles. The van der Waals surface area contributed by atoms with Gasteiger partial charge in [-0.25, -0.2) is 0 Å². The minimum absolute atomic E-state index is 0.0124. The molecule has 1 saturated heterocycles. The molecule has 1 aliphatic heterocycles. The number of aliphatic hydroxyl groups is 1. The summed E-state index contributed by atoms with van der Waals surface area (Å²) in [6.45, 7) is 0. The third kappa shape index (κ3) is 2.20. The van der Waals surface area contributed by atoms with Crippen molar-refractivity contribution >= 4 is 11.8 Å². The fraction of sp³-hybridized carbons (Fsp3) is 0.867. The van der Waals surface area contributed by atoms with Gasteiger partial charge in [0.25, 0.3) is 0 Å². The van der Waals surface area contributed by atoms with E-state index >= 15 is 0 Å². The molecule has 0 aromatic rings. The maximum absolute atomic E-state index is 12.2. The Labute approximate surface area is 114 Å². The lowest BCUT2D eigenvalue weighted by molar-refractivity contribution is -0.157. The number of piperidine rings is 1. The zero-order valence-electron chi connectivity index (χ0n) is 11.4. The number of aliphatic hydroxyl groups excluding tert-OH is 1. The number of nitrogens with zero attached hydrogens (tertiary/aromatic N) is 1. The smallest absolute Gasteiger partial charge is 0.229 e. The third-order valence-corrected chi connectivity index (χ3v) is 5.41. The second-order valence-corrected chi connectivity index (χ2v) is 6.52. The minimum atomic E-state index is -0.348. The van der Waals surface area contributed by atoms with Gasteiger partial charge in [-0.1, -0.05) is 12.8 Å². The van der Waals surface area contributed by atoms with Crippen LogP contribution < -0.4 is 0 Å². The van der Waals surface area contributed by atoms with E-state index in [0.717, 1.165) is 25.7 Å². The largest absolute Gasteiger partial charge is 0.393 e. The topological polar surface area (TPSA) is 57.6 Å². The van der Waals surface area contributed by atoms with E-state index in [2.05, 4.69) is 0 Å². The second-order valence-electron chi connectivity index (χ2n) is 6.52. The van der Waals surface area contributed by atoms with Crippen LogP contribution in [0.4, 0.5) is 0 Å². The number of carbonyl (C=O) groups excluding carboxylic acids is 2. The van der Waals surface area contributed by atoms with Crippen LogP contribution in [-0.4, -0.2) is 34.0 Å². The molecule has 2 saturated carbocycles. The first kappa shape index (κ1) is 13.1. The predicted octanol–water partition coefficient (Wildman–Crippen LogP) is 2.00. The summed E-state index contributed by atoms with van der Waals surface area (Å²) in [4.78, 5) is 25.9. The van der Waals surface area contributed by atoms with Crippen molar-refractivity contribution in [1.82, 2.24) is 4.90 Å². The summed E-state index contributed by atoms with van der Waals surface area (Å²) in [7, 11) is 0. The van der Waals surface area contributed by atoms with Gasteiger partial charge in [-0.3, -0.25) is 14.5 Å². The fourth-order valence-electron chi connectivity index (χ4n) is 4.41. The average Bonchev–Trinajstić information content (AvgIpc) is 2.83. The molecule has 0 radical (unpaired) electrons. The van der Waals surface area contributed by atoms with Gasteiger partial charge in [-0.15, -0.1) is 0 Å². The molecule has 106 valence electrons. The van der Waals surface area contributed by atoms with E-state index in [1.54, 1.807) is 0 Å². The zero-order valence-corrected chi connectivity index (χ0v) is 11.4. The van der Waals surface area contributed by atoms with Crippen molar-refractivity contribution in [3.05, 3.63) is 0 Å². The number of hydrogen-bond acceptors (Lipinski definition) is 3. The van der Waals surface area contributed by atoms with Gasteiger partial charge in [-0.2, -0.15) is 0 Å². The van der Waals surface area contributed by atoms with Crippen molar-refractivity contribution in [2.75, 3.05) is 0 Å². The van der Waals surface area contributed by atoms with E-state index < -0.39 is 0 Å². The van der Waals surface area contributed by atoms with Crippen LogP contribution in [0.2, 0.25) is 0 Å². The predicted molar refractivity (Wildman–Crippen MR) is 70.3 cm³/mol. The Balaban J connectivity index is 1.89. The number of carbonyl (C=O) groups is 2. The van der Waals surface area contributed by atoms with Crippen molar-refractivity contribution in [1.29, 1.82) is 0 Å². The first-order valence-corrected chi connectivity index (χ1v) is 7.65. The van der Waals surface area contributed by atoms with E-state index in [1.165, 1.54) is 17.7 Å². The molecule has 4 nitrogen and oxygen atoms in total. The minimum Gasteiger partial charge on any atom is -0.393 e. The highest BCUT2D eigenvalue weighted by Crippen LogP contribution is 2.51. The van der Waals surface area contributed by atoms with Crippen LogP contribution in [0.1, 0.15) is 64.2 Å². The molecule has 0 bridgehead atoms. The van der Waals surface area contributed by atoms with E-state index in [0.29, 0.717) is 25.7 Å². The Morgan fingerprint density at radius 1 is 1.00 bits per heavy atom. The van der Waals surface area contributed by atoms with Gasteiger partial charge in [-0.05, 0) is 43.9 Å². The third-order valence-electron chi connectivity index (χ3n) is 5.41.